The molecule has 4 rings (SSSR count). The Kier molecular flexibility index (Phi) is 5.21. The lowest BCUT2D eigenvalue weighted by atomic mass is 9.80. The van der Waals surface area contributed by atoms with Crippen LogP contribution in [0.15, 0.2) is 42.5 Å². The van der Waals surface area contributed by atoms with Gasteiger partial charge < -0.3 is 9.64 Å². The average Bonchev–Trinajstić information content (AvgIpc) is 3.09. The fourth-order valence-electron chi connectivity index (χ4n) is 4.07. The van der Waals surface area contributed by atoms with Crippen molar-refractivity contribution in [2.45, 2.75) is 45.1 Å². The van der Waals surface area contributed by atoms with Gasteiger partial charge >= 0.3 is 6.09 Å². The van der Waals surface area contributed by atoms with Gasteiger partial charge in [-0.05, 0) is 62.1 Å². The van der Waals surface area contributed by atoms with E-state index >= 15 is 0 Å². The minimum atomic E-state index is -0.428. The number of rotatable bonds is 4. The normalized spacial score (nSPS) is 17.8. The number of fused-ring (bicyclic) bond motifs is 2. The summed E-state index contributed by atoms with van der Waals surface area (Å²) in [5, 5.41) is 3.84. The van der Waals surface area contributed by atoms with Gasteiger partial charge in [0.25, 0.3) is 0 Å². The molecule has 1 unspecified atom stereocenters. The van der Waals surface area contributed by atoms with Gasteiger partial charge in [0.1, 0.15) is 0 Å². The molecule has 152 valence electrons. The zero-order valence-corrected chi connectivity index (χ0v) is 18.2. The van der Waals surface area contributed by atoms with Crippen LogP contribution in [0.4, 0.5) is 16.2 Å². The van der Waals surface area contributed by atoms with E-state index in [1.54, 1.807) is 11.3 Å². The second-order valence-corrected chi connectivity index (χ2v) is 9.45. The van der Waals surface area contributed by atoms with E-state index in [2.05, 4.69) is 61.2 Å². The van der Waals surface area contributed by atoms with Gasteiger partial charge in [-0.3, -0.25) is 5.32 Å². The lowest BCUT2D eigenvalue weighted by Gasteiger charge is -2.45. The van der Waals surface area contributed by atoms with Crippen molar-refractivity contribution < 1.29 is 9.53 Å². The zero-order valence-electron chi connectivity index (χ0n) is 17.4. The first-order valence-corrected chi connectivity index (χ1v) is 10.8. The molecule has 3 aromatic rings. The maximum atomic E-state index is 12.2. The molecule has 0 fully saturated rings. The number of nitrogens with one attached hydrogen (secondary N) is 1. The number of carbonyl (C=O) groups excluding carboxylic acids is 1. The topological polar surface area (TPSA) is 54.5 Å². The SMILES string of the molecule is CC1CC(C)(C)N(C)c2ccc(NC(=O)OCCc3nc4ccccc4s3)cc21. The number of carbonyl (C=O) groups is 1. The third kappa shape index (κ3) is 4.08. The number of thiazole rings is 1. The summed E-state index contributed by atoms with van der Waals surface area (Å²) in [6.07, 6.45) is 1.27. The number of hydrogen-bond acceptors (Lipinski definition) is 5. The fourth-order valence-corrected chi connectivity index (χ4v) is 5.01. The van der Waals surface area contributed by atoms with E-state index in [1.807, 2.05) is 24.3 Å². The van der Waals surface area contributed by atoms with E-state index in [4.69, 9.17) is 4.74 Å². The highest BCUT2D eigenvalue weighted by Crippen LogP contribution is 2.43. The largest absolute Gasteiger partial charge is 0.449 e. The summed E-state index contributed by atoms with van der Waals surface area (Å²) >= 11 is 1.64. The monoisotopic (exact) mass is 409 g/mol. The molecule has 5 nitrogen and oxygen atoms in total. The number of nitrogens with zero attached hydrogens (tertiary/aromatic N) is 2. The molecule has 1 amide bonds. The summed E-state index contributed by atoms with van der Waals surface area (Å²) in [7, 11) is 2.13. The van der Waals surface area contributed by atoms with Crippen LogP contribution in [0.5, 0.6) is 0 Å². The number of para-hydroxylation sites is 1. The van der Waals surface area contributed by atoms with Crippen LogP contribution in [0, 0.1) is 0 Å². The Hall–Kier alpha value is -2.60. The zero-order chi connectivity index (χ0) is 20.6. The highest BCUT2D eigenvalue weighted by molar-refractivity contribution is 7.18. The predicted molar refractivity (Wildman–Crippen MR) is 120 cm³/mol. The Bertz CT molecular complexity index is 1010. The highest BCUT2D eigenvalue weighted by atomic mass is 32.1. The van der Waals surface area contributed by atoms with Crippen LogP contribution in [-0.4, -0.2) is 30.3 Å². The second kappa shape index (κ2) is 7.67. The van der Waals surface area contributed by atoms with Crippen LogP contribution >= 0.6 is 11.3 Å². The lowest BCUT2D eigenvalue weighted by molar-refractivity contribution is 0.163. The van der Waals surface area contributed by atoms with Gasteiger partial charge in [0.15, 0.2) is 0 Å². The molecule has 0 saturated heterocycles. The minimum absolute atomic E-state index is 0.126. The number of ether oxygens (including phenoxy) is 1. The molecule has 0 spiro atoms. The Morgan fingerprint density at radius 3 is 2.90 bits per heavy atom. The van der Waals surface area contributed by atoms with E-state index in [0.717, 1.165) is 27.3 Å². The molecule has 2 heterocycles. The maximum absolute atomic E-state index is 12.2. The van der Waals surface area contributed by atoms with Crippen LogP contribution in [0.3, 0.4) is 0 Å². The van der Waals surface area contributed by atoms with Crippen molar-refractivity contribution in [3.63, 3.8) is 0 Å². The molecular weight excluding hydrogens is 382 g/mol. The Labute approximate surface area is 175 Å². The molecule has 0 bridgehead atoms. The van der Waals surface area contributed by atoms with Gasteiger partial charge in [-0.2, -0.15) is 0 Å². The number of aromatic nitrogens is 1. The lowest BCUT2D eigenvalue weighted by Crippen LogP contribution is -2.45. The van der Waals surface area contributed by atoms with E-state index in [-0.39, 0.29) is 5.54 Å². The van der Waals surface area contributed by atoms with Crippen LogP contribution in [0.25, 0.3) is 10.2 Å². The standard InChI is InChI=1S/C23H27N3O2S/c1-15-14-23(2,3)26(4)19-10-9-16(13-17(15)19)24-22(27)28-12-11-21-25-18-7-5-6-8-20(18)29-21/h5-10,13,15H,11-12,14H2,1-4H3,(H,24,27). The molecule has 1 aromatic heterocycles. The van der Waals surface area contributed by atoms with Crippen molar-refractivity contribution in [3.05, 3.63) is 53.0 Å². The molecule has 6 heteroatoms. The molecule has 0 radical (unpaired) electrons. The Balaban J connectivity index is 1.36. The van der Waals surface area contributed by atoms with Crippen molar-refractivity contribution in [2.24, 2.45) is 0 Å². The third-order valence-electron chi connectivity index (χ3n) is 5.77. The number of hydrogen-bond donors (Lipinski definition) is 1. The molecule has 2 aromatic carbocycles. The van der Waals surface area contributed by atoms with Crippen molar-refractivity contribution in [2.75, 3.05) is 23.9 Å². The van der Waals surface area contributed by atoms with Crippen molar-refractivity contribution in [1.82, 2.24) is 4.98 Å². The van der Waals surface area contributed by atoms with Gasteiger partial charge in [-0.1, -0.05) is 19.1 Å². The van der Waals surface area contributed by atoms with Crippen LogP contribution in [0.1, 0.15) is 43.7 Å². The molecule has 1 aliphatic rings. The van der Waals surface area contributed by atoms with Crippen LogP contribution in [-0.2, 0) is 11.2 Å². The smallest absolute Gasteiger partial charge is 0.411 e. The van der Waals surface area contributed by atoms with Crippen LogP contribution < -0.4 is 10.2 Å². The summed E-state index contributed by atoms with van der Waals surface area (Å²) in [5.41, 5.74) is 4.38. The van der Waals surface area contributed by atoms with Gasteiger partial charge in [0, 0.05) is 30.4 Å². The third-order valence-corrected chi connectivity index (χ3v) is 6.86. The second-order valence-electron chi connectivity index (χ2n) is 8.34. The molecule has 29 heavy (non-hydrogen) atoms. The van der Waals surface area contributed by atoms with Crippen molar-refractivity contribution in [1.29, 1.82) is 0 Å². The van der Waals surface area contributed by atoms with E-state index < -0.39 is 6.09 Å². The summed E-state index contributed by atoms with van der Waals surface area (Å²) < 4.78 is 6.53. The first-order chi connectivity index (χ1) is 13.8. The van der Waals surface area contributed by atoms with Gasteiger partial charge in [-0.25, -0.2) is 9.78 Å². The molecule has 1 N–H and O–H groups in total. The number of amides is 1. The quantitative estimate of drug-likeness (QED) is 0.591. The van der Waals surface area contributed by atoms with Gasteiger partial charge in [-0.15, -0.1) is 11.3 Å². The number of anilines is 2. The summed E-state index contributed by atoms with van der Waals surface area (Å²) in [5.74, 6) is 0.438. The fraction of sp³-hybridized carbons (Fsp3) is 0.391. The van der Waals surface area contributed by atoms with E-state index in [0.29, 0.717) is 18.9 Å². The van der Waals surface area contributed by atoms with Crippen molar-refractivity contribution in [3.8, 4) is 0 Å². The molecule has 0 saturated carbocycles. The first kappa shape index (κ1) is 19.7. The number of benzene rings is 2. The molecule has 1 atom stereocenters. The predicted octanol–water partition coefficient (Wildman–Crippen LogP) is 5.81. The molecule has 0 aliphatic carbocycles. The molecule has 1 aliphatic heterocycles. The van der Waals surface area contributed by atoms with E-state index in [9.17, 15) is 4.79 Å². The Morgan fingerprint density at radius 2 is 2.10 bits per heavy atom. The summed E-state index contributed by atoms with van der Waals surface area (Å²) in [6, 6.07) is 14.1. The van der Waals surface area contributed by atoms with Crippen LogP contribution in [0.2, 0.25) is 0 Å². The van der Waals surface area contributed by atoms with E-state index in [1.165, 1.54) is 11.3 Å². The average molecular weight is 410 g/mol. The summed E-state index contributed by atoms with van der Waals surface area (Å²) in [4.78, 5) is 19.1. The maximum Gasteiger partial charge on any atom is 0.411 e. The minimum Gasteiger partial charge on any atom is -0.449 e. The molecular formula is C23H27N3O2S. The Morgan fingerprint density at radius 1 is 1.31 bits per heavy atom. The van der Waals surface area contributed by atoms with Crippen molar-refractivity contribution >= 4 is 39.0 Å². The van der Waals surface area contributed by atoms with Gasteiger partial charge in [0.05, 0.1) is 21.8 Å². The summed E-state index contributed by atoms with van der Waals surface area (Å²) in [6.45, 7) is 7.08. The first-order valence-electron chi connectivity index (χ1n) is 9.99. The highest BCUT2D eigenvalue weighted by Gasteiger charge is 2.34. The van der Waals surface area contributed by atoms with Gasteiger partial charge in [0.2, 0.25) is 0 Å².